The summed E-state index contributed by atoms with van der Waals surface area (Å²) in [5, 5.41) is 14.4. The Morgan fingerprint density at radius 1 is 1.20 bits per heavy atom. The molecule has 1 N–H and O–H groups in total. The number of ether oxygens (including phenoxy) is 1. The zero-order valence-corrected chi connectivity index (χ0v) is 17.7. The predicted octanol–water partition coefficient (Wildman–Crippen LogP) is 4.76. The first-order valence-corrected chi connectivity index (χ1v) is 11.0. The molecule has 156 valence electrons. The van der Waals surface area contributed by atoms with Crippen molar-refractivity contribution in [1.29, 1.82) is 0 Å². The molecule has 0 saturated carbocycles. The number of benzene rings is 2. The van der Waals surface area contributed by atoms with Crippen LogP contribution in [0, 0.1) is 17.0 Å². The van der Waals surface area contributed by atoms with Crippen molar-refractivity contribution in [1.82, 2.24) is 4.98 Å². The number of aryl methyl sites for hydroxylation is 1. The molecule has 3 rings (SSSR count). The maximum atomic E-state index is 11.8. The SMILES string of the molecule is Cc1cc(NCc2cccnc2Oc2cccc(S(C)(=O)=O)c2)c(Cl)cc1[N+](=O)[O-]. The molecule has 0 aliphatic carbocycles. The van der Waals surface area contributed by atoms with Gasteiger partial charge in [0.1, 0.15) is 5.75 Å². The third-order valence-corrected chi connectivity index (χ3v) is 5.67. The molecule has 10 heteroatoms. The molecule has 0 spiro atoms. The van der Waals surface area contributed by atoms with Crippen LogP contribution in [0.25, 0.3) is 0 Å². The third-order valence-electron chi connectivity index (χ3n) is 4.25. The van der Waals surface area contributed by atoms with Crippen LogP contribution in [0.4, 0.5) is 11.4 Å². The van der Waals surface area contributed by atoms with Gasteiger partial charge in [-0.3, -0.25) is 10.1 Å². The van der Waals surface area contributed by atoms with Crippen molar-refractivity contribution in [2.75, 3.05) is 11.6 Å². The maximum Gasteiger partial charge on any atom is 0.273 e. The molecule has 30 heavy (non-hydrogen) atoms. The number of rotatable bonds is 7. The van der Waals surface area contributed by atoms with Crippen LogP contribution in [-0.4, -0.2) is 24.6 Å². The van der Waals surface area contributed by atoms with Gasteiger partial charge in [-0.15, -0.1) is 0 Å². The summed E-state index contributed by atoms with van der Waals surface area (Å²) < 4.78 is 29.3. The van der Waals surface area contributed by atoms with E-state index in [4.69, 9.17) is 16.3 Å². The molecule has 1 aromatic heterocycles. The molecule has 3 aromatic rings. The number of nitrogens with one attached hydrogen (secondary N) is 1. The summed E-state index contributed by atoms with van der Waals surface area (Å²) in [7, 11) is -3.37. The van der Waals surface area contributed by atoms with Gasteiger partial charge >= 0.3 is 0 Å². The zero-order valence-electron chi connectivity index (χ0n) is 16.1. The number of hydrogen-bond donors (Lipinski definition) is 1. The standard InChI is InChI=1S/C20H18ClN3O5S/c1-13-9-18(17(21)11-19(13)24(25)26)23-12-14-5-4-8-22-20(14)29-15-6-3-7-16(10-15)30(2,27)28/h3-11,23H,12H2,1-2H3. The lowest BCUT2D eigenvalue weighted by Gasteiger charge is -2.13. The topological polar surface area (TPSA) is 111 Å². The van der Waals surface area contributed by atoms with Gasteiger partial charge in [0.05, 0.1) is 20.5 Å². The van der Waals surface area contributed by atoms with Crippen LogP contribution in [-0.2, 0) is 16.4 Å². The number of nitro benzene ring substituents is 1. The Morgan fingerprint density at radius 2 is 1.97 bits per heavy atom. The highest BCUT2D eigenvalue weighted by Crippen LogP contribution is 2.31. The molecule has 0 fully saturated rings. The van der Waals surface area contributed by atoms with Gasteiger partial charge < -0.3 is 10.1 Å². The van der Waals surface area contributed by atoms with E-state index in [1.54, 1.807) is 43.5 Å². The van der Waals surface area contributed by atoms with Gasteiger partial charge in [0.15, 0.2) is 9.84 Å². The first-order chi connectivity index (χ1) is 14.1. The van der Waals surface area contributed by atoms with E-state index >= 15 is 0 Å². The summed E-state index contributed by atoms with van der Waals surface area (Å²) in [6.45, 7) is 1.92. The van der Waals surface area contributed by atoms with Gasteiger partial charge in [-0.25, -0.2) is 13.4 Å². The second-order valence-corrected chi connectivity index (χ2v) is 8.97. The third kappa shape index (κ3) is 5.05. The van der Waals surface area contributed by atoms with E-state index in [-0.39, 0.29) is 22.2 Å². The molecule has 2 aromatic carbocycles. The molecule has 0 aliphatic heterocycles. The molecule has 0 saturated heterocycles. The van der Waals surface area contributed by atoms with E-state index in [0.29, 0.717) is 28.4 Å². The van der Waals surface area contributed by atoms with E-state index in [9.17, 15) is 18.5 Å². The zero-order chi connectivity index (χ0) is 21.9. The lowest BCUT2D eigenvalue weighted by atomic mass is 10.1. The molecule has 0 unspecified atom stereocenters. The molecule has 0 amide bonds. The van der Waals surface area contributed by atoms with Crippen molar-refractivity contribution >= 4 is 32.8 Å². The lowest BCUT2D eigenvalue weighted by molar-refractivity contribution is -0.385. The second kappa shape index (κ2) is 8.68. The van der Waals surface area contributed by atoms with Gasteiger partial charge in [-0.1, -0.05) is 23.7 Å². The van der Waals surface area contributed by atoms with Crippen molar-refractivity contribution in [3.8, 4) is 11.6 Å². The molecule has 0 radical (unpaired) electrons. The van der Waals surface area contributed by atoms with Gasteiger partial charge in [0, 0.05) is 36.2 Å². The maximum absolute atomic E-state index is 11.8. The summed E-state index contributed by atoms with van der Waals surface area (Å²) in [6, 6.07) is 12.6. The highest BCUT2D eigenvalue weighted by molar-refractivity contribution is 7.90. The summed E-state index contributed by atoms with van der Waals surface area (Å²) in [4.78, 5) is 14.9. The van der Waals surface area contributed by atoms with Crippen LogP contribution in [0.1, 0.15) is 11.1 Å². The Morgan fingerprint density at radius 3 is 2.67 bits per heavy atom. The van der Waals surface area contributed by atoms with Crippen LogP contribution in [0.3, 0.4) is 0 Å². The summed E-state index contributed by atoms with van der Waals surface area (Å²) in [5.74, 6) is 0.632. The number of sulfone groups is 1. The normalized spacial score (nSPS) is 11.2. The monoisotopic (exact) mass is 447 g/mol. The minimum absolute atomic E-state index is 0.0540. The fourth-order valence-electron chi connectivity index (χ4n) is 2.72. The highest BCUT2D eigenvalue weighted by Gasteiger charge is 2.15. The number of halogens is 1. The Labute approximate surface area is 178 Å². The Balaban J connectivity index is 1.82. The minimum Gasteiger partial charge on any atom is -0.439 e. The van der Waals surface area contributed by atoms with Gasteiger partial charge in [-0.2, -0.15) is 0 Å². The average Bonchev–Trinajstić information content (AvgIpc) is 2.68. The largest absolute Gasteiger partial charge is 0.439 e. The molecule has 8 nitrogen and oxygen atoms in total. The van der Waals surface area contributed by atoms with Crippen LogP contribution < -0.4 is 10.1 Å². The smallest absolute Gasteiger partial charge is 0.273 e. The molecule has 0 atom stereocenters. The fourth-order valence-corrected chi connectivity index (χ4v) is 3.60. The first kappa shape index (κ1) is 21.5. The van der Waals surface area contributed by atoms with Crippen LogP contribution in [0.5, 0.6) is 11.6 Å². The number of anilines is 1. The highest BCUT2D eigenvalue weighted by atomic mass is 35.5. The Kier molecular flexibility index (Phi) is 6.23. The summed E-state index contributed by atoms with van der Waals surface area (Å²) in [5.41, 5.74) is 1.65. The van der Waals surface area contributed by atoms with Gasteiger partial charge in [-0.05, 0) is 37.3 Å². The summed E-state index contributed by atoms with van der Waals surface area (Å²) >= 11 is 6.17. The van der Waals surface area contributed by atoms with Gasteiger partial charge in [0.25, 0.3) is 5.69 Å². The fraction of sp³-hybridized carbons (Fsp3) is 0.150. The Bertz CT molecular complexity index is 1210. The van der Waals surface area contributed by atoms with E-state index in [1.165, 1.54) is 18.2 Å². The van der Waals surface area contributed by atoms with Crippen molar-refractivity contribution in [2.24, 2.45) is 0 Å². The molecular weight excluding hydrogens is 430 g/mol. The van der Waals surface area contributed by atoms with E-state index < -0.39 is 14.8 Å². The molecular formula is C20H18ClN3O5S. The van der Waals surface area contributed by atoms with Crippen molar-refractivity contribution in [2.45, 2.75) is 18.4 Å². The van der Waals surface area contributed by atoms with E-state index in [2.05, 4.69) is 10.3 Å². The van der Waals surface area contributed by atoms with Crippen LogP contribution in [0.2, 0.25) is 5.02 Å². The molecule has 0 bridgehead atoms. The number of pyridine rings is 1. The van der Waals surface area contributed by atoms with Crippen LogP contribution in [0.15, 0.2) is 59.6 Å². The first-order valence-electron chi connectivity index (χ1n) is 8.75. The van der Waals surface area contributed by atoms with E-state index in [0.717, 1.165) is 6.26 Å². The average molecular weight is 448 g/mol. The number of hydrogen-bond acceptors (Lipinski definition) is 7. The molecule has 1 heterocycles. The Hall–Kier alpha value is -3.17. The second-order valence-electron chi connectivity index (χ2n) is 6.55. The minimum atomic E-state index is -3.37. The number of nitrogens with zero attached hydrogens (tertiary/aromatic N) is 2. The lowest BCUT2D eigenvalue weighted by Crippen LogP contribution is -2.04. The number of aromatic nitrogens is 1. The van der Waals surface area contributed by atoms with Crippen molar-refractivity contribution in [3.63, 3.8) is 0 Å². The van der Waals surface area contributed by atoms with Gasteiger partial charge in [0.2, 0.25) is 5.88 Å². The molecule has 0 aliphatic rings. The predicted molar refractivity (Wildman–Crippen MR) is 114 cm³/mol. The van der Waals surface area contributed by atoms with Crippen LogP contribution >= 0.6 is 11.6 Å². The summed E-state index contributed by atoms with van der Waals surface area (Å²) in [6.07, 6.45) is 2.68. The van der Waals surface area contributed by atoms with Crippen molar-refractivity contribution < 1.29 is 18.1 Å². The van der Waals surface area contributed by atoms with E-state index in [1.807, 2.05) is 0 Å². The van der Waals surface area contributed by atoms with Crippen molar-refractivity contribution in [3.05, 3.63) is 81.0 Å². The number of nitro groups is 1. The quantitative estimate of drug-likeness (QED) is 0.410.